The number of carbonyl (C=O) groups excluding carboxylic acids is 1. The number of hydrogen-bond acceptors (Lipinski definition) is 4. The Morgan fingerprint density at radius 1 is 1.65 bits per heavy atom. The van der Waals surface area contributed by atoms with Gasteiger partial charge in [0.05, 0.1) is 5.56 Å². The first-order chi connectivity index (χ1) is 9.54. The van der Waals surface area contributed by atoms with E-state index in [4.69, 9.17) is 5.73 Å². The summed E-state index contributed by atoms with van der Waals surface area (Å²) in [7, 11) is 1.70. The molecular weight excluding hydrogens is 259 g/mol. The van der Waals surface area contributed by atoms with E-state index in [0.717, 1.165) is 25.9 Å². The number of hydrogen-bond donors (Lipinski definition) is 1. The van der Waals surface area contributed by atoms with Crippen LogP contribution in [0, 0.1) is 5.82 Å². The Morgan fingerprint density at radius 2 is 2.40 bits per heavy atom. The molecule has 0 saturated carbocycles. The number of likely N-dealkylation sites (tertiary alicyclic amines) is 1. The molecule has 2 rings (SSSR count). The van der Waals surface area contributed by atoms with Crippen LogP contribution in [-0.2, 0) is 0 Å². The maximum atomic E-state index is 13.8. The Bertz CT molecular complexity index is 494. The average molecular weight is 280 g/mol. The Kier molecular flexibility index (Phi) is 4.54. The second-order valence-electron chi connectivity index (χ2n) is 5.17. The number of nitrogen functional groups attached to an aromatic ring is 1. The SMILES string of the molecule is CCN1CCCC1CN(C)C(=O)c1ccnc(N)c1F. The standard InChI is InChI=1S/C14H21FN4O/c1-3-19-8-4-5-10(19)9-18(2)14(20)11-6-7-17-13(16)12(11)15/h6-7,10H,3-5,8-9H2,1-2H3,(H2,16,17). The molecule has 2 N–H and O–H groups in total. The number of nitrogens with two attached hydrogens (primary N) is 1. The monoisotopic (exact) mass is 280 g/mol. The molecule has 1 aliphatic rings. The van der Waals surface area contributed by atoms with Gasteiger partial charge in [-0.15, -0.1) is 0 Å². The number of halogens is 1. The molecule has 1 aromatic rings. The van der Waals surface area contributed by atoms with Crippen molar-refractivity contribution in [2.75, 3.05) is 32.4 Å². The first-order valence-corrected chi connectivity index (χ1v) is 6.94. The van der Waals surface area contributed by atoms with Crippen LogP contribution in [0.5, 0.6) is 0 Å². The van der Waals surface area contributed by atoms with Crippen LogP contribution in [0.15, 0.2) is 12.3 Å². The fraction of sp³-hybridized carbons (Fsp3) is 0.571. The van der Waals surface area contributed by atoms with Crippen molar-refractivity contribution in [1.82, 2.24) is 14.8 Å². The molecule has 0 aromatic carbocycles. The number of carbonyl (C=O) groups is 1. The van der Waals surface area contributed by atoms with Gasteiger partial charge in [-0.25, -0.2) is 9.37 Å². The number of likely N-dealkylation sites (N-methyl/N-ethyl adjacent to an activating group) is 2. The van der Waals surface area contributed by atoms with Crippen molar-refractivity contribution < 1.29 is 9.18 Å². The van der Waals surface area contributed by atoms with Gasteiger partial charge >= 0.3 is 0 Å². The fourth-order valence-electron chi connectivity index (χ4n) is 2.75. The lowest BCUT2D eigenvalue weighted by Gasteiger charge is -2.27. The van der Waals surface area contributed by atoms with Crippen molar-refractivity contribution in [1.29, 1.82) is 0 Å². The molecule has 1 fully saturated rings. The van der Waals surface area contributed by atoms with Gasteiger partial charge < -0.3 is 10.6 Å². The average Bonchev–Trinajstić information content (AvgIpc) is 2.88. The minimum absolute atomic E-state index is 0.0129. The second-order valence-corrected chi connectivity index (χ2v) is 5.17. The van der Waals surface area contributed by atoms with Crippen molar-refractivity contribution in [3.8, 4) is 0 Å². The highest BCUT2D eigenvalue weighted by Gasteiger charge is 2.27. The van der Waals surface area contributed by atoms with E-state index in [2.05, 4.69) is 16.8 Å². The zero-order chi connectivity index (χ0) is 14.7. The maximum Gasteiger partial charge on any atom is 0.256 e. The Balaban J connectivity index is 2.07. The third-order valence-electron chi connectivity index (χ3n) is 3.88. The molecule has 0 bridgehead atoms. The van der Waals surface area contributed by atoms with Gasteiger partial charge in [0, 0.05) is 25.8 Å². The van der Waals surface area contributed by atoms with Gasteiger partial charge in [-0.05, 0) is 32.0 Å². The van der Waals surface area contributed by atoms with Crippen molar-refractivity contribution in [2.45, 2.75) is 25.8 Å². The molecule has 1 atom stereocenters. The second kappa shape index (κ2) is 6.17. The summed E-state index contributed by atoms with van der Waals surface area (Å²) in [6.45, 7) is 4.76. The van der Waals surface area contributed by atoms with E-state index in [1.54, 1.807) is 11.9 Å². The van der Waals surface area contributed by atoms with Crippen molar-refractivity contribution >= 4 is 11.7 Å². The van der Waals surface area contributed by atoms with Crippen LogP contribution in [0.4, 0.5) is 10.2 Å². The molecular formula is C14H21FN4O. The van der Waals surface area contributed by atoms with Gasteiger partial charge in [-0.3, -0.25) is 9.69 Å². The minimum Gasteiger partial charge on any atom is -0.381 e. The fourth-order valence-corrected chi connectivity index (χ4v) is 2.75. The molecule has 5 nitrogen and oxygen atoms in total. The topological polar surface area (TPSA) is 62.5 Å². The highest BCUT2D eigenvalue weighted by atomic mass is 19.1. The van der Waals surface area contributed by atoms with Gasteiger partial charge in [0.15, 0.2) is 11.6 Å². The molecule has 0 radical (unpaired) electrons. The number of rotatable bonds is 4. The molecule has 1 amide bonds. The number of anilines is 1. The van der Waals surface area contributed by atoms with E-state index in [0.29, 0.717) is 12.6 Å². The predicted molar refractivity (Wildman–Crippen MR) is 75.8 cm³/mol. The van der Waals surface area contributed by atoms with E-state index >= 15 is 0 Å². The van der Waals surface area contributed by atoms with Crippen LogP contribution in [-0.4, -0.2) is 53.4 Å². The molecule has 1 unspecified atom stereocenters. The first kappa shape index (κ1) is 14.7. The van der Waals surface area contributed by atoms with Crippen LogP contribution < -0.4 is 5.73 Å². The third kappa shape index (κ3) is 2.90. The molecule has 20 heavy (non-hydrogen) atoms. The zero-order valence-electron chi connectivity index (χ0n) is 12.0. The summed E-state index contributed by atoms with van der Waals surface area (Å²) in [5, 5.41) is 0. The van der Waals surface area contributed by atoms with Crippen molar-refractivity contribution in [2.24, 2.45) is 0 Å². The molecule has 2 heterocycles. The lowest BCUT2D eigenvalue weighted by Crippen LogP contribution is -2.41. The van der Waals surface area contributed by atoms with Crippen molar-refractivity contribution in [3.05, 3.63) is 23.6 Å². The van der Waals surface area contributed by atoms with Gasteiger partial charge in [0.1, 0.15) is 0 Å². The largest absolute Gasteiger partial charge is 0.381 e. The highest BCUT2D eigenvalue weighted by Crippen LogP contribution is 2.19. The van der Waals surface area contributed by atoms with Gasteiger partial charge in [0.25, 0.3) is 5.91 Å². The quantitative estimate of drug-likeness (QED) is 0.904. The summed E-state index contributed by atoms with van der Waals surface area (Å²) in [6.07, 6.45) is 3.58. The predicted octanol–water partition coefficient (Wildman–Crippen LogP) is 1.36. The molecule has 1 aromatic heterocycles. The van der Waals surface area contributed by atoms with Gasteiger partial charge in [-0.2, -0.15) is 0 Å². The number of pyridine rings is 1. The maximum absolute atomic E-state index is 13.8. The molecule has 1 aliphatic heterocycles. The lowest BCUT2D eigenvalue weighted by atomic mass is 10.1. The van der Waals surface area contributed by atoms with Crippen LogP contribution in [0.2, 0.25) is 0 Å². The molecule has 0 spiro atoms. The summed E-state index contributed by atoms with van der Waals surface area (Å²) >= 11 is 0. The summed E-state index contributed by atoms with van der Waals surface area (Å²) in [5.41, 5.74) is 5.39. The molecule has 110 valence electrons. The van der Waals surface area contributed by atoms with Crippen LogP contribution in [0.25, 0.3) is 0 Å². The minimum atomic E-state index is -0.733. The molecule has 6 heteroatoms. The van der Waals surface area contributed by atoms with E-state index in [1.165, 1.54) is 12.3 Å². The zero-order valence-corrected chi connectivity index (χ0v) is 12.0. The molecule has 1 saturated heterocycles. The Hall–Kier alpha value is -1.69. The Morgan fingerprint density at radius 3 is 3.10 bits per heavy atom. The van der Waals surface area contributed by atoms with E-state index in [9.17, 15) is 9.18 Å². The van der Waals surface area contributed by atoms with Gasteiger partial charge in [-0.1, -0.05) is 6.92 Å². The van der Waals surface area contributed by atoms with E-state index in [-0.39, 0.29) is 17.3 Å². The van der Waals surface area contributed by atoms with Gasteiger partial charge in [0.2, 0.25) is 0 Å². The third-order valence-corrected chi connectivity index (χ3v) is 3.88. The highest BCUT2D eigenvalue weighted by molar-refractivity contribution is 5.95. The summed E-state index contributed by atoms with van der Waals surface area (Å²) in [6, 6.07) is 1.73. The lowest BCUT2D eigenvalue weighted by molar-refractivity contribution is 0.0750. The van der Waals surface area contributed by atoms with Crippen LogP contribution in [0.1, 0.15) is 30.1 Å². The number of nitrogens with zero attached hydrogens (tertiary/aromatic N) is 3. The Labute approximate surface area is 118 Å². The van der Waals surface area contributed by atoms with Crippen molar-refractivity contribution in [3.63, 3.8) is 0 Å². The summed E-state index contributed by atoms with van der Waals surface area (Å²) < 4.78 is 13.8. The normalized spacial score (nSPS) is 19.2. The van der Waals surface area contributed by atoms with E-state index < -0.39 is 5.82 Å². The first-order valence-electron chi connectivity index (χ1n) is 6.94. The number of amides is 1. The summed E-state index contributed by atoms with van der Waals surface area (Å²) in [5.74, 6) is -1.32. The summed E-state index contributed by atoms with van der Waals surface area (Å²) in [4.78, 5) is 19.8. The van der Waals surface area contributed by atoms with Crippen LogP contribution >= 0.6 is 0 Å². The van der Waals surface area contributed by atoms with E-state index in [1.807, 2.05) is 0 Å². The molecule has 0 aliphatic carbocycles. The number of aromatic nitrogens is 1. The van der Waals surface area contributed by atoms with Crippen LogP contribution in [0.3, 0.4) is 0 Å². The smallest absolute Gasteiger partial charge is 0.256 e.